The highest BCUT2D eigenvalue weighted by Crippen LogP contribution is 2.22. The van der Waals surface area contributed by atoms with Crippen molar-refractivity contribution < 1.29 is 12.9 Å². The molecule has 0 unspecified atom stereocenters. The zero-order chi connectivity index (χ0) is 13.5. The van der Waals surface area contributed by atoms with Crippen molar-refractivity contribution in [3.05, 3.63) is 34.8 Å². The van der Waals surface area contributed by atoms with E-state index in [1.807, 2.05) is 13.8 Å². The summed E-state index contributed by atoms with van der Waals surface area (Å²) < 4.78 is 29.2. The third-order valence-electron chi connectivity index (χ3n) is 2.83. The van der Waals surface area contributed by atoms with Crippen LogP contribution in [0, 0.1) is 13.8 Å². The van der Waals surface area contributed by atoms with Crippen molar-refractivity contribution in [2.45, 2.75) is 25.3 Å². The predicted octanol–water partition coefficient (Wildman–Crippen LogP) is 2.15. The summed E-state index contributed by atoms with van der Waals surface area (Å²) >= 11 is 0. The van der Waals surface area contributed by atoms with E-state index >= 15 is 0 Å². The number of nitrogens with zero attached hydrogens (tertiary/aromatic N) is 2. The topological polar surface area (TPSA) is 65.1 Å². The van der Waals surface area contributed by atoms with Gasteiger partial charge in [0.25, 0.3) is 9.05 Å². The van der Waals surface area contributed by atoms with Crippen LogP contribution in [0.1, 0.15) is 22.6 Å². The lowest BCUT2D eigenvalue weighted by Gasteiger charge is -1.96. The first-order valence-corrected chi connectivity index (χ1v) is 7.61. The maximum absolute atomic E-state index is 11.3. The minimum atomic E-state index is -3.72. The normalized spacial score (nSPS) is 12.0. The molecule has 2 aromatic heterocycles. The van der Waals surface area contributed by atoms with Crippen molar-refractivity contribution in [2.24, 2.45) is 7.05 Å². The average molecular weight is 289 g/mol. The standard InChI is InChI=1S/C11H13ClN2O3S/c1-7-10(8(2)17-13-7)4-9-5-11(14(3)6-9)18(12,15)16/h5-6H,4H2,1-3H3. The molecule has 0 aliphatic rings. The van der Waals surface area contributed by atoms with E-state index in [-0.39, 0.29) is 5.03 Å². The summed E-state index contributed by atoms with van der Waals surface area (Å²) in [6, 6.07) is 1.56. The molecule has 18 heavy (non-hydrogen) atoms. The molecule has 0 aromatic carbocycles. The van der Waals surface area contributed by atoms with Crippen LogP contribution in [0.2, 0.25) is 0 Å². The van der Waals surface area contributed by atoms with Crippen LogP contribution in [-0.4, -0.2) is 18.1 Å². The third kappa shape index (κ3) is 2.44. The summed E-state index contributed by atoms with van der Waals surface area (Å²) in [6.45, 7) is 3.69. The second kappa shape index (κ2) is 4.44. The van der Waals surface area contributed by atoms with Gasteiger partial charge in [-0.25, -0.2) is 8.42 Å². The number of rotatable bonds is 3. The van der Waals surface area contributed by atoms with Crippen molar-refractivity contribution in [3.8, 4) is 0 Å². The lowest BCUT2D eigenvalue weighted by molar-refractivity contribution is 0.392. The fourth-order valence-corrected chi connectivity index (χ4v) is 3.06. The summed E-state index contributed by atoms with van der Waals surface area (Å²) in [5.41, 5.74) is 2.64. The van der Waals surface area contributed by atoms with Crippen LogP contribution in [0.5, 0.6) is 0 Å². The first-order chi connectivity index (χ1) is 8.29. The molecule has 0 spiro atoms. The Kier molecular flexibility index (Phi) is 3.25. The smallest absolute Gasteiger partial charge is 0.276 e. The zero-order valence-corrected chi connectivity index (χ0v) is 11.8. The highest BCUT2D eigenvalue weighted by molar-refractivity contribution is 8.13. The number of hydrogen-bond donors (Lipinski definition) is 0. The molecule has 2 aromatic rings. The quantitative estimate of drug-likeness (QED) is 0.812. The minimum Gasteiger partial charge on any atom is -0.361 e. The summed E-state index contributed by atoms with van der Waals surface area (Å²) in [4.78, 5) is 0. The Morgan fingerprint density at radius 3 is 2.56 bits per heavy atom. The Bertz CT molecular complexity index is 666. The van der Waals surface area contributed by atoms with Crippen LogP contribution >= 0.6 is 10.7 Å². The van der Waals surface area contributed by atoms with Crippen LogP contribution in [0.15, 0.2) is 21.8 Å². The molecular formula is C11H13ClN2O3S. The molecule has 98 valence electrons. The molecule has 0 aliphatic carbocycles. The van der Waals surface area contributed by atoms with Gasteiger partial charge in [0.1, 0.15) is 5.76 Å². The molecule has 0 saturated carbocycles. The first-order valence-electron chi connectivity index (χ1n) is 5.30. The zero-order valence-electron chi connectivity index (χ0n) is 10.3. The lowest BCUT2D eigenvalue weighted by Crippen LogP contribution is -1.97. The maximum atomic E-state index is 11.3. The average Bonchev–Trinajstić information content (AvgIpc) is 2.75. The second-order valence-electron chi connectivity index (χ2n) is 4.21. The van der Waals surface area contributed by atoms with Crippen molar-refractivity contribution in [1.82, 2.24) is 9.72 Å². The molecule has 0 amide bonds. The van der Waals surface area contributed by atoms with E-state index in [0.29, 0.717) is 6.42 Å². The van der Waals surface area contributed by atoms with Crippen molar-refractivity contribution in [3.63, 3.8) is 0 Å². The minimum absolute atomic E-state index is 0.0888. The number of hydrogen-bond acceptors (Lipinski definition) is 4. The molecule has 0 fully saturated rings. The van der Waals surface area contributed by atoms with E-state index in [1.54, 1.807) is 19.3 Å². The van der Waals surface area contributed by atoms with Gasteiger partial charge < -0.3 is 9.09 Å². The number of aryl methyl sites for hydroxylation is 3. The van der Waals surface area contributed by atoms with Crippen molar-refractivity contribution >= 4 is 19.7 Å². The van der Waals surface area contributed by atoms with Gasteiger partial charge in [-0.1, -0.05) is 5.16 Å². The van der Waals surface area contributed by atoms with Crippen LogP contribution in [0.3, 0.4) is 0 Å². The Labute approximate surface area is 110 Å². The fourth-order valence-electron chi connectivity index (χ4n) is 1.91. The molecule has 2 heterocycles. The second-order valence-corrected chi connectivity index (χ2v) is 6.73. The van der Waals surface area contributed by atoms with E-state index in [0.717, 1.165) is 22.6 Å². The van der Waals surface area contributed by atoms with Gasteiger partial charge in [-0.2, -0.15) is 0 Å². The van der Waals surface area contributed by atoms with Gasteiger partial charge in [-0.15, -0.1) is 0 Å². The molecular weight excluding hydrogens is 276 g/mol. The van der Waals surface area contributed by atoms with Gasteiger partial charge in [0, 0.05) is 35.9 Å². The Balaban J connectivity index is 2.38. The SMILES string of the molecule is Cc1noc(C)c1Cc1cc(S(=O)(=O)Cl)n(C)c1. The molecule has 0 atom stereocenters. The monoisotopic (exact) mass is 288 g/mol. The molecule has 5 nitrogen and oxygen atoms in total. The van der Waals surface area contributed by atoms with Crippen molar-refractivity contribution in [1.29, 1.82) is 0 Å². The van der Waals surface area contributed by atoms with Gasteiger partial charge in [0.2, 0.25) is 0 Å². The molecule has 0 aliphatic heterocycles. The van der Waals surface area contributed by atoms with E-state index in [4.69, 9.17) is 15.2 Å². The predicted molar refractivity (Wildman–Crippen MR) is 67.2 cm³/mol. The summed E-state index contributed by atoms with van der Waals surface area (Å²) in [6.07, 6.45) is 2.31. The van der Waals surface area contributed by atoms with E-state index < -0.39 is 9.05 Å². The van der Waals surface area contributed by atoms with Gasteiger partial charge >= 0.3 is 0 Å². The van der Waals surface area contributed by atoms with Gasteiger partial charge in [0.15, 0.2) is 5.03 Å². The molecule has 7 heteroatoms. The molecule has 0 saturated heterocycles. The largest absolute Gasteiger partial charge is 0.361 e. The van der Waals surface area contributed by atoms with Crippen LogP contribution in [0.4, 0.5) is 0 Å². The highest BCUT2D eigenvalue weighted by atomic mass is 35.7. The summed E-state index contributed by atoms with van der Waals surface area (Å²) in [7, 11) is 3.27. The third-order valence-corrected chi connectivity index (χ3v) is 4.21. The molecule has 0 bridgehead atoms. The Morgan fingerprint density at radius 2 is 2.11 bits per heavy atom. The number of aromatic nitrogens is 2. The Hall–Kier alpha value is -1.27. The van der Waals surface area contributed by atoms with Gasteiger partial charge in [0.05, 0.1) is 5.69 Å². The van der Waals surface area contributed by atoms with E-state index in [9.17, 15) is 8.42 Å². The van der Waals surface area contributed by atoms with Gasteiger partial charge in [-0.3, -0.25) is 0 Å². The highest BCUT2D eigenvalue weighted by Gasteiger charge is 2.17. The number of halogens is 1. The van der Waals surface area contributed by atoms with Crippen LogP contribution < -0.4 is 0 Å². The van der Waals surface area contributed by atoms with E-state index in [1.165, 1.54) is 4.57 Å². The van der Waals surface area contributed by atoms with Crippen molar-refractivity contribution in [2.75, 3.05) is 0 Å². The van der Waals surface area contributed by atoms with Crippen LogP contribution in [0.25, 0.3) is 0 Å². The Morgan fingerprint density at radius 1 is 1.44 bits per heavy atom. The first kappa shape index (κ1) is 13.2. The fraction of sp³-hybridized carbons (Fsp3) is 0.364. The maximum Gasteiger partial charge on any atom is 0.276 e. The molecule has 2 rings (SSSR count). The molecule has 0 radical (unpaired) electrons. The van der Waals surface area contributed by atoms with Crippen LogP contribution in [-0.2, 0) is 22.5 Å². The molecule has 0 N–H and O–H groups in total. The van der Waals surface area contributed by atoms with E-state index in [2.05, 4.69) is 5.16 Å². The lowest BCUT2D eigenvalue weighted by atomic mass is 10.1. The van der Waals surface area contributed by atoms with Gasteiger partial charge in [-0.05, 0) is 25.5 Å². The summed E-state index contributed by atoms with van der Waals surface area (Å²) in [5, 5.41) is 3.95. The summed E-state index contributed by atoms with van der Waals surface area (Å²) in [5.74, 6) is 0.742.